The van der Waals surface area contributed by atoms with Crippen molar-refractivity contribution >= 4 is 20.7 Å². The summed E-state index contributed by atoms with van der Waals surface area (Å²) in [6, 6.07) is 0. The van der Waals surface area contributed by atoms with Crippen LogP contribution in [0.5, 0.6) is 0 Å². The summed E-state index contributed by atoms with van der Waals surface area (Å²) in [4.78, 5) is 21.3. The Labute approximate surface area is 197 Å². The van der Waals surface area contributed by atoms with Gasteiger partial charge in [-0.3, -0.25) is 0 Å². The molecule has 0 heterocycles. The minimum Gasteiger partial charge on any atom is -0.466 e. The van der Waals surface area contributed by atoms with Crippen molar-refractivity contribution in [3.8, 4) is 0 Å². The van der Waals surface area contributed by atoms with Gasteiger partial charge < -0.3 is 22.8 Å². The van der Waals surface area contributed by atoms with Gasteiger partial charge in [0.05, 0.1) is 13.7 Å². The molecular weight excluding hydrogens is 428 g/mol. The molecule has 0 spiro atoms. The zero-order valence-corrected chi connectivity index (χ0v) is 22.4. The fourth-order valence-electron chi connectivity index (χ4n) is 2.02. The van der Waals surface area contributed by atoms with Gasteiger partial charge in [0, 0.05) is 31.0 Å². The van der Waals surface area contributed by atoms with Crippen molar-refractivity contribution in [1.29, 1.82) is 0 Å². The number of hydrogen-bond acceptors (Lipinski definition) is 7. The lowest BCUT2D eigenvalue weighted by Gasteiger charge is -2.24. The number of esters is 2. The first-order valence-electron chi connectivity index (χ1n) is 11.3. The van der Waals surface area contributed by atoms with Gasteiger partial charge in [0.15, 0.2) is 0 Å². The quantitative estimate of drug-likeness (QED) is 0.133. The SMILES string of the molecule is C=C(C)C(=O)OC.C=C(CC)C(=O)OCCCCCC.C=C[Si](OCC)(OCC)OCC. The smallest absolute Gasteiger partial charge is 0.466 e. The number of rotatable bonds is 15. The molecule has 8 heteroatoms. The molecule has 0 aliphatic heterocycles. The van der Waals surface area contributed by atoms with Gasteiger partial charge in [0.1, 0.15) is 0 Å². The molecule has 0 saturated heterocycles. The van der Waals surface area contributed by atoms with Gasteiger partial charge in [-0.1, -0.05) is 52.8 Å². The Bertz CT molecular complexity index is 515. The van der Waals surface area contributed by atoms with E-state index in [0.717, 1.165) is 12.8 Å². The van der Waals surface area contributed by atoms with Crippen LogP contribution in [0.3, 0.4) is 0 Å². The van der Waals surface area contributed by atoms with Crippen LogP contribution in [0.4, 0.5) is 0 Å². The van der Waals surface area contributed by atoms with E-state index in [2.05, 4.69) is 31.4 Å². The highest BCUT2D eigenvalue weighted by molar-refractivity contribution is 6.66. The van der Waals surface area contributed by atoms with Crippen LogP contribution in [0.25, 0.3) is 0 Å². The van der Waals surface area contributed by atoms with Crippen LogP contribution in [0.1, 0.15) is 73.6 Å². The predicted octanol–water partition coefficient (Wildman–Crippen LogP) is 5.57. The van der Waals surface area contributed by atoms with Gasteiger partial charge in [0.25, 0.3) is 0 Å². The van der Waals surface area contributed by atoms with E-state index in [1.54, 1.807) is 12.6 Å². The normalized spacial score (nSPS) is 9.97. The second-order valence-corrected chi connectivity index (χ2v) is 9.01. The molecule has 0 radical (unpaired) electrons. The third-order valence-electron chi connectivity index (χ3n) is 3.77. The van der Waals surface area contributed by atoms with E-state index < -0.39 is 8.80 Å². The predicted molar refractivity (Wildman–Crippen MR) is 132 cm³/mol. The van der Waals surface area contributed by atoms with Gasteiger partial charge >= 0.3 is 20.7 Å². The van der Waals surface area contributed by atoms with Gasteiger partial charge in [-0.25, -0.2) is 9.59 Å². The Morgan fingerprint density at radius 3 is 1.62 bits per heavy atom. The molecule has 0 aliphatic carbocycles. The highest BCUT2D eigenvalue weighted by Crippen LogP contribution is 2.10. The summed E-state index contributed by atoms with van der Waals surface area (Å²) in [5, 5.41) is 0. The number of unbranched alkanes of at least 4 members (excludes halogenated alkanes) is 3. The van der Waals surface area contributed by atoms with Gasteiger partial charge in [-0.05, 0) is 46.2 Å². The van der Waals surface area contributed by atoms with Crippen molar-refractivity contribution in [2.45, 2.75) is 73.6 Å². The van der Waals surface area contributed by atoms with E-state index in [1.807, 2.05) is 27.7 Å². The lowest BCUT2D eigenvalue weighted by atomic mass is 10.2. The second kappa shape index (κ2) is 23.9. The minimum atomic E-state index is -2.51. The van der Waals surface area contributed by atoms with Crippen LogP contribution in [-0.2, 0) is 32.3 Å². The monoisotopic (exact) mass is 474 g/mol. The van der Waals surface area contributed by atoms with E-state index >= 15 is 0 Å². The van der Waals surface area contributed by atoms with E-state index in [0.29, 0.717) is 44.0 Å². The molecule has 188 valence electrons. The van der Waals surface area contributed by atoms with Gasteiger partial charge in [-0.15, -0.1) is 0 Å². The van der Waals surface area contributed by atoms with Gasteiger partial charge in [-0.2, -0.15) is 0 Å². The summed E-state index contributed by atoms with van der Waals surface area (Å²) < 4.78 is 25.6. The molecule has 0 N–H and O–H groups in total. The Balaban J connectivity index is -0.000000412. The number of hydrogen-bond donors (Lipinski definition) is 0. The van der Waals surface area contributed by atoms with Gasteiger partial charge in [0.2, 0.25) is 0 Å². The summed E-state index contributed by atoms with van der Waals surface area (Å²) in [6.07, 6.45) is 5.20. The number of carbonyl (C=O) groups is 2. The molecule has 32 heavy (non-hydrogen) atoms. The molecule has 0 unspecified atom stereocenters. The topological polar surface area (TPSA) is 80.3 Å². The molecule has 7 nitrogen and oxygen atoms in total. The third kappa shape index (κ3) is 20.2. The first-order chi connectivity index (χ1) is 15.1. The summed E-state index contributed by atoms with van der Waals surface area (Å²) >= 11 is 0. The lowest BCUT2D eigenvalue weighted by molar-refractivity contribution is -0.139. The maximum absolute atomic E-state index is 11.1. The Morgan fingerprint density at radius 2 is 1.34 bits per heavy atom. The van der Waals surface area contributed by atoms with E-state index in [-0.39, 0.29) is 11.9 Å². The molecule has 0 amide bonds. The van der Waals surface area contributed by atoms with E-state index in [9.17, 15) is 9.59 Å². The van der Waals surface area contributed by atoms with E-state index in [1.165, 1.54) is 20.0 Å². The Morgan fingerprint density at radius 1 is 0.844 bits per heavy atom. The molecule has 0 fully saturated rings. The minimum absolute atomic E-state index is 0.237. The van der Waals surface area contributed by atoms with Crippen LogP contribution in [0.15, 0.2) is 36.6 Å². The largest absolute Gasteiger partial charge is 0.528 e. The molecular formula is C24H46O7Si. The zero-order chi connectivity index (χ0) is 25.4. The Hall–Kier alpha value is -1.74. The van der Waals surface area contributed by atoms with Crippen LogP contribution < -0.4 is 0 Å². The fraction of sp³-hybridized carbons (Fsp3) is 0.667. The fourth-order valence-corrected chi connectivity index (χ4v) is 3.83. The number of ether oxygens (including phenoxy) is 2. The first-order valence-corrected chi connectivity index (χ1v) is 13.1. The molecule has 0 aromatic heterocycles. The van der Waals surface area contributed by atoms with Crippen LogP contribution in [-0.4, -0.2) is 54.3 Å². The zero-order valence-electron chi connectivity index (χ0n) is 21.4. The Kier molecular flexibility index (Phi) is 26.0. The molecule has 0 bridgehead atoms. The molecule has 0 aromatic carbocycles. The van der Waals surface area contributed by atoms with Crippen LogP contribution in [0.2, 0.25) is 0 Å². The number of carbonyl (C=O) groups excluding carboxylic acids is 2. The summed E-state index contributed by atoms with van der Waals surface area (Å²) in [5.41, 5.74) is 2.67. The average Bonchev–Trinajstić information content (AvgIpc) is 2.78. The van der Waals surface area contributed by atoms with Crippen molar-refractivity contribution in [3.63, 3.8) is 0 Å². The van der Waals surface area contributed by atoms with Crippen molar-refractivity contribution in [1.82, 2.24) is 0 Å². The van der Waals surface area contributed by atoms with Crippen LogP contribution >= 0.6 is 0 Å². The van der Waals surface area contributed by atoms with Crippen molar-refractivity contribution in [3.05, 3.63) is 36.6 Å². The molecule has 0 saturated carbocycles. The highest BCUT2D eigenvalue weighted by Gasteiger charge is 2.36. The standard InChI is InChI=1S/C11H20O2.C8H18O3Si.C5H8O2/c1-4-6-7-8-9-13-11(12)10(3)5-2;1-5-9-12(8-4,10-6-2)11-7-3;1-4(2)5(6)7-3/h3-9H2,1-2H3;8H,4-7H2,1-3H3;1H2,2-3H3. The maximum atomic E-state index is 11.1. The van der Waals surface area contributed by atoms with Crippen molar-refractivity contribution in [2.75, 3.05) is 33.5 Å². The summed E-state index contributed by atoms with van der Waals surface area (Å²) in [6.45, 7) is 24.4. The molecule has 0 aliphatic rings. The molecule has 0 aromatic rings. The van der Waals surface area contributed by atoms with Crippen molar-refractivity contribution in [2.24, 2.45) is 0 Å². The molecule has 0 atom stereocenters. The summed E-state index contributed by atoms with van der Waals surface area (Å²) in [5.74, 6) is -0.584. The number of methoxy groups -OCH3 is 1. The average molecular weight is 475 g/mol. The maximum Gasteiger partial charge on any atom is 0.528 e. The van der Waals surface area contributed by atoms with E-state index in [4.69, 9.17) is 18.0 Å². The van der Waals surface area contributed by atoms with Crippen molar-refractivity contribution < 1.29 is 32.3 Å². The first kappa shape index (κ1) is 34.9. The lowest BCUT2D eigenvalue weighted by Crippen LogP contribution is -2.44. The second-order valence-electron chi connectivity index (χ2n) is 6.53. The highest BCUT2D eigenvalue weighted by atomic mass is 28.4. The van der Waals surface area contributed by atoms with Crippen LogP contribution in [0, 0.1) is 0 Å². The summed E-state index contributed by atoms with van der Waals surface area (Å²) in [7, 11) is -1.18. The third-order valence-corrected chi connectivity index (χ3v) is 6.34. The molecule has 0 rings (SSSR count).